The van der Waals surface area contributed by atoms with Gasteiger partial charge in [0.05, 0.1) is 0 Å². The van der Waals surface area contributed by atoms with Gasteiger partial charge in [-0.15, -0.1) is 0 Å². The number of furan rings is 1. The Balaban J connectivity index is 0.938. The van der Waals surface area contributed by atoms with Gasteiger partial charge >= 0.3 is 0 Å². The van der Waals surface area contributed by atoms with Crippen LogP contribution in [0.5, 0.6) is 0 Å². The maximum Gasteiger partial charge on any atom is 0.164 e. The summed E-state index contributed by atoms with van der Waals surface area (Å²) in [6.45, 7) is 0. The lowest BCUT2D eigenvalue weighted by Gasteiger charge is -2.42. The number of hydrogen-bond acceptors (Lipinski definition) is 7. The average molecular weight is 807 g/mol. The second kappa shape index (κ2) is 14.1. The molecule has 0 fully saturated rings. The third-order valence-corrected chi connectivity index (χ3v) is 12.6. The molecule has 0 saturated heterocycles. The Morgan fingerprint density at radius 2 is 0.603 bits per heavy atom. The molecule has 0 N–H and O–H groups in total. The lowest BCUT2D eigenvalue weighted by molar-refractivity contribution is 0.669. The second-order valence-electron chi connectivity index (χ2n) is 16.2. The number of nitrogens with zero attached hydrogens (tertiary/aromatic N) is 6. The molecule has 294 valence electrons. The first-order valence-corrected chi connectivity index (χ1v) is 21.2. The van der Waals surface area contributed by atoms with Crippen LogP contribution in [0.1, 0.15) is 45.2 Å². The molecular weight excluding hydrogens is 773 g/mol. The highest BCUT2D eigenvalue weighted by Gasteiger charge is 2.41. The van der Waals surface area contributed by atoms with Crippen LogP contribution in [-0.4, -0.2) is 29.9 Å². The monoisotopic (exact) mass is 806 g/mol. The van der Waals surface area contributed by atoms with Crippen molar-refractivity contribution in [2.45, 2.75) is 11.8 Å². The molecule has 3 aliphatic carbocycles. The van der Waals surface area contributed by atoms with Gasteiger partial charge in [-0.05, 0) is 63.7 Å². The van der Waals surface area contributed by atoms with Crippen LogP contribution in [0.3, 0.4) is 0 Å². The van der Waals surface area contributed by atoms with Gasteiger partial charge in [-0.1, -0.05) is 164 Å². The Kier molecular flexibility index (Phi) is 7.90. The fourth-order valence-corrected chi connectivity index (χ4v) is 9.65. The maximum atomic E-state index is 6.29. The van der Waals surface area contributed by atoms with Crippen LogP contribution in [0.25, 0.3) is 90.3 Å². The van der Waals surface area contributed by atoms with Gasteiger partial charge in [0.25, 0.3) is 0 Å². The summed E-state index contributed by atoms with van der Waals surface area (Å²) in [5.41, 5.74) is 15.0. The summed E-state index contributed by atoms with van der Waals surface area (Å²) < 4.78 is 6.29. The third-order valence-electron chi connectivity index (χ3n) is 12.6. The molecule has 0 aliphatic heterocycles. The molecular formula is C56H34N6O. The van der Waals surface area contributed by atoms with Crippen molar-refractivity contribution >= 4 is 21.9 Å². The topological polar surface area (TPSA) is 90.5 Å². The number of fused-ring (bicyclic) bond motifs is 3. The molecule has 7 heteroatoms. The quantitative estimate of drug-likeness (QED) is 0.165. The first-order valence-electron chi connectivity index (χ1n) is 21.2. The van der Waals surface area contributed by atoms with Gasteiger partial charge in [0.15, 0.2) is 34.9 Å². The summed E-state index contributed by atoms with van der Waals surface area (Å²) in [4.78, 5) is 30.5. The van der Waals surface area contributed by atoms with E-state index in [0.717, 1.165) is 55.3 Å². The van der Waals surface area contributed by atoms with Crippen LogP contribution in [0.2, 0.25) is 0 Å². The highest BCUT2D eigenvalue weighted by atomic mass is 16.3. The van der Waals surface area contributed by atoms with Crippen molar-refractivity contribution in [1.29, 1.82) is 0 Å². The fraction of sp³-hybridized carbons (Fsp3) is 0.0357. The lowest BCUT2D eigenvalue weighted by Crippen LogP contribution is -2.27. The summed E-state index contributed by atoms with van der Waals surface area (Å²) in [7, 11) is 0. The van der Waals surface area contributed by atoms with Gasteiger partial charge in [0.1, 0.15) is 11.2 Å². The number of hydrogen-bond donors (Lipinski definition) is 0. The van der Waals surface area contributed by atoms with Gasteiger partial charge in [-0.25, -0.2) is 29.9 Å². The van der Waals surface area contributed by atoms with Crippen LogP contribution < -0.4 is 0 Å². The van der Waals surface area contributed by atoms with Crippen molar-refractivity contribution in [3.63, 3.8) is 0 Å². The van der Waals surface area contributed by atoms with Crippen LogP contribution in [0, 0.1) is 0 Å². The molecule has 3 heterocycles. The Bertz CT molecular complexity index is 3530. The molecule has 3 aromatic heterocycles. The molecule has 3 aliphatic rings. The smallest absolute Gasteiger partial charge is 0.164 e. The predicted molar refractivity (Wildman–Crippen MR) is 248 cm³/mol. The molecule has 11 aromatic rings. The van der Waals surface area contributed by atoms with Crippen molar-refractivity contribution in [2.75, 3.05) is 0 Å². The molecule has 0 saturated carbocycles. The van der Waals surface area contributed by atoms with E-state index in [1.165, 1.54) is 33.4 Å². The van der Waals surface area contributed by atoms with Crippen molar-refractivity contribution in [1.82, 2.24) is 29.9 Å². The first kappa shape index (κ1) is 35.3. The maximum absolute atomic E-state index is 6.29. The van der Waals surface area contributed by atoms with Crippen molar-refractivity contribution < 1.29 is 4.42 Å². The van der Waals surface area contributed by atoms with Crippen molar-refractivity contribution in [3.8, 4) is 68.3 Å². The average Bonchev–Trinajstić information content (AvgIpc) is 3.74. The van der Waals surface area contributed by atoms with Gasteiger partial charge in [-0.2, -0.15) is 0 Å². The minimum absolute atomic E-state index is 0.0220. The van der Waals surface area contributed by atoms with Gasteiger partial charge in [-0.3, -0.25) is 0 Å². The highest BCUT2D eigenvalue weighted by molar-refractivity contribution is 6.05. The predicted octanol–water partition coefficient (Wildman–Crippen LogP) is 12.9. The summed E-state index contributed by atoms with van der Waals surface area (Å²) in [6.07, 6.45) is 0. The number of rotatable bonds is 6. The Morgan fingerprint density at radius 1 is 0.254 bits per heavy atom. The van der Waals surface area contributed by atoms with E-state index in [9.17, 15) is 0 Å². The minimum atomic E-state index is 0.0220. The van der Waals surface area contributed by atoms with E-state index in [1.807, 2.05) is 115 Å². The molecule has 63 heavy (non-hydrogen) atoms. The van der Waals surface area contributed by atoms with Crippen molar-refractivity contribution in [3.05, 3.63) is 228 Å². The van der Waals surface area contributed by atoms with E-state index in [4.69, 9.17) is 34.3 Å². The largest absolute Gasteiger partial charge is 0.456 e. The van der Waals surface area contributed by atoms with E-state index in [-0.39, 0.29) is 11.8 Å². The molecule has 2 unspecified atom stereocenters. The summed E-state index contributed by atoms with van der Waals surface area (Å²) in [5, 5.41) is 2.15. The molecule has 7 nitrogen and oxygen atoms in total. The zero-order chi connectivity index (χ0) is 41.4. The molecule has 0 amide bonds. The summed E-state index contributed by atoms with van der Waals surface area (Å²) in [5.74, 6) is 3.82. The van der Waals surface area contributed by atoms with Crippen LogP contribution in [0.15, 0.2) is 199 Å². The van der Waals surface area contributed by atoms with Crippen LogP contribution in [-0.2, 0) is 0 Å². The molecule has 8 aromatic carbocycles. The fourth-order valence-electron chi connectivity index (χ4n) is 9.65. The highest BCUT2D eigenvalue weighted by Crippen LogP contribution is 2.56. The summed E-state index contributed by atoms with van der Waals surface area (Å²) in [6, 6.07) is 67.1. The van der Waals surface area contributed by atoms with E-state index in [1.54, 1.807) is 0 Å². The standard InChI is InChI=1S/C56H34N6O/c1-4-14-33(15-5-1)51-57-52(34-16-6-2-7-17-34)59-54(58-51)36-25-28-43-45(30-36)49-41-21-10-11-22-42(41)50(43)46-31-37(26-29-44(46)49)55-60-53(35-18-8-3-9-19-35)61-56(62-55)38-24-27-40-39-20-12-13-23-47(39)63-48(40)32-38/h1-32,49-50H. The minimum Gasteiger partial charge on any atom is -0.456 e. The molecule has 2 atom stereocenters. The molecule has 0 spiro atoms. The zero-order valence-corrected chi connectivity index (χ0v) is 33.7. The van der Waals surface area contributed by atoms with E-state index >= 15 is 0 Å². The van der Waals surface area contributed by atoms with E-state index < -0.39 is 0 Å². The van der Waals surface area contributed by atoms with E-state index in [0.29, 0.717) is 34.9 Å². The first-order chi connectivity index (χ1) is 31.2. The number of para-hydroxylation sites is 1. The summed E-state index contributed by atoms with van der Waals surface area (Å²) >= 11 is 0. The Hall–Kier alpha value is -8.42. The third kappa shape index (κ3) is 5.81. The van der Waals surface area contributed by atoms with E-state index in [2.05, 4.69) is 78.9 Å². The Morgan fingerprint density at radius 3 is 1.08 bits per heavy atom. The SMILES string of the molecule is c1ccc(-c2nc(-c3ccccc3)nc(-c3ccc4c(c3)C3c5ccccc5C4c4cc(-c5nc(-c6ccccc6)nc(-c6ccc7c(c6)oc6ccccc67)n5)ccc43)n2)cc1. The normalized spacial score (nSPS) is 14.7. The van der Waals surface area contributed by atoms with Crippen LogP contribution >= 0.6 is 0 Å². The van der Waals surface area contributed by atoms with Gasteiger partial charge in [0.2, 0.25) is 0 Å². The molecule has 14 rings (SSSR count). The van der Waals surface area contributed by atoms with Gasteiger partial charge in [0, 0.05) is 56.0 Å². The molecule has 2 bridgehead atoms. The number of aromatic nitrogens is 6. The second-order valence-corrected chi connectivity index (χ2v) is 16.2. The van der Waals surface area contributed by atoms with Gasteiger partial charge < -0.3 is 4.42 Å². The zero-order valence-electron chi connectivity index (χ0n) is 33.7. The Labute approximate surface area is 362 Å². The lowest BCUT2D eigenvalue weighted by atomic mass is 9.61. The molecule has 0 radical (unpaired) electrons. The van der Waals surface area contributed by atoms with Crippen molar-refractivity contribution in [2.24, 2.45) is 0 Å². The van der Waals surface area contributed by atoms with Crippen LogP contribution in [0.4, 0.5) is 0 Å². The number of benzene rings is 8.